The van der Waals surface area contributed by atoms with Gasteiger partial charge in [0, 0.05) is 56.7 Å². The van der Waals surface area contributed by atoms with E-state index in [-0.39, 0.29) is 5.82 Å². The standard InChI is InChI=1S/C19H26FN5/c1-4-23(5-2)18-14-15(3)21-19(22-18)25-12-10-24(11-13-25)17-8-6-16(20)7-9-17/h6-9,14H,4-5,10-13H2,1-3H3. The minimum atomic E-state index is -0.195. The third-order valence-corrected chi connectivity index (χ3v) is 4.67. The summed E-state index contributed by atoms with van der Waals surface area (Å²) >= 11 is 0. The molecule has 0 saturated carbocycles. The van der Waals surface area contributed by atoms with Crippen molar-refractivity contribution in [2.45, 2.75) is 20.8 Å². The average molecular weight is 343 g/mol. The van der Waals surface area contributed by atoms with Crippen LogP contribution in [0.3, 0.4) is 0 Å². The number of nitrogens with zero attached hydrogens (tertiary/aromatic N) is 5. The van der Waals surface area contributed by atoms with Gasteiger partial charge in [-0.05, 0) is 45.0 Å². The first kappa shape index (κ1) is 17.5. The first-order valence-electron chi connectivity index (χ1n) is 8.96. The summed E-state index contributed by atoms with van der Waals surface area (Å²) in [4.78, 5) is 16.2. The summed E-state index contributed by atoms with van der Waals surface area (Å²) in [6.07, 6.45) is 0. The van der Waals surface area contributed by atoms with Gasteiger partial charge in [-0.15, -0.1) is 0 Å². The molecule has 0 bridgehead atoms. The molecule has 0 spiro atoms. The molecule has 2 aromatic rings. The van der Waals surface area contributed by atoms with Crippen molar-refractivity contribution >= 4 is 17.5 Å². The third-order valence-electron chi connectivity index (χ3n) is 4.67. The van der Waals surface area contributed by atoms with Crippen LogP contribution in [-0.4, -0.2) is 49.2 Å². The molecule has 1 aromatic carbocycles. The van der Waals surface area contributed by atoms with Crippen molar-refractivity contribution in [2.24, 2.45) is 0 Å². The van der Waals surface area contributed by atoms with E-state index in [1.165, 1.54) is 12.1 Å². The predicted molar refractivity (Wildman–Crippen MR) is 101 cm³/mol. The molecule has 1 aromatic heterocycles. The fraction of sp³-hybridized carbons (Fsp3) is 0.474. The Morgan fingerprint density at radius 3 is 2.16 bits per heavy atom. The van der Waals surface area contributed by atoms with E-state index in [0.717, 1.165) is 62.4 Å². The Morgan fingerprint density at radius 1 is 0.960 bits per heavy atom. The largest absolute Gasteiger partial charge is 0.368 e. The fourth-order valence-corrected chi connectivity index (χ4v) is 3.20. The second-order valence-electron chi connectivity index (χ2n) is 6.29. The molecule has 2 heterocycles. The van der Waals surface area contributed by atoms with E-state index >= 15 is 0 Å². The summed E-state index contributed by atoms with van der Waals surface area (Å²) in [5, 5.41) is 0. The van der Waals surface area contributed by atoms with Gasteiger partial charge in [0.2, 0.25) is 5.95 Å². The van der Waals surface area contributed by atoms with Gasteiger partial charge in [0.1, 0.15) is 11.6 Å². The number of aromatic nitrogens is 2. The normalized spacial score (nSPS) is 14.7. The molecule has 0 atom stereocenters. The molecule has 0 N–H and O–H groups in total. The first-order valence-corrected chi connectivity index (χ1v) is 8.96. The monoisotopic (exact) mass is 343 g/mol. The minimum absolute atomic E-state index is 0.195. The fourth-order valence-electron chi connectivity index (χ4n) is 3.20. The molecule has 5 nitrogen and oxygen atoms in total. The Bertz CT molecular complexity index is 691. The van der Waals surface area contributed by atoms with Gasteiger partial charge in [-0.2, -0.15) is 4.98 Å². The number of hydrogen-bond acceptors (Lipinski definition) is 5. The van der Waals surface area contributed by atoms with E-state index in [1.54, 1.807) is 0 Å². The number of aryl methyl sites for hydroxylation is 1. The van der Waals surface area contributed by atoms with Crippen molar-refractivity contribution < 1.29 is 4.39 Å². The number of anilines is 3. The summed E-state index contributed by atoms with van der Waals surface area (Å²) in [6, 6.07) is 8.76. The van der Waals surface area contributed by atoms with Crippen LogP contribution in [0.2, 0.25) is 0 Å². The number of hydrogen-bond donors (Lipinski definition) is 0. The highest BCUT2D eigenvalue weighted by Gasteiger charge is 2.20. The molecule has 0 aliphatic carbocycles. The van der Waals surface area contributed by atoms with Crippen LogP contribution < -0.4 is 14.7 Å². The Balaban J connectivity index is 1.71. The number of halogens is 1. The lowest BCUT2D eigenvalue weighted by molar-refractivity contribution is 0.622. The number of benzene rings is 1. The summed E-state index contributed by atoms with van der Waals surface area (Å²) in [5.74, 6) is 1.61. The maximum atomic E-state index is 13.1. The van der Waals surface area contributed by atoms with Crippen LogP contribution in [0.4, 0.5) is 21.8 Å². The molecule has 134 valence electrons. The van der Waals surface area contributed by atoms with Crippen molar-refractivity contribution in [2.75, 3.05) is 54.0 Å². The summed E-state index contributed by atoms with van der Waals surface area (Å²) in [5.41, 5.74) is 2.06. The van der Waals surface area contributed by atoms with Crippen molar-refractivity contribution in [3.8, 4) is 0 Å². The van der Waals surface area contributed by atoms with Crippen molar-refractivity contribution in [1.82, 2.24) is 9.97 Å². The van der Waals surface area contributed by atoms with Gasteiger partial charge in [0.25, 0.3) is 0 Å². The highest BCUT2D eigenvalue weighted by atomic mass is 19.1. The lowest BCUT2D eigenvalue weighted by Crippen LogP contribution is -2.47. The zero-order chi connectivity index (χ0) is 17.8. The van der Waals surface area contributed by atoms with E-state index in [2.05, 4.69) is 33.5 Å². The van der Waals surface area contributed by atoms with Crippen molar-refractivity contribution in [3.05, 3.63) is 41.8 Å². The maximum absolute atomic E-state index is 13.1. The zero-order valence-corrected chi connectivity index (χ0v) is 15.2. The minimum Gasteiger partial charge on any atom is -0.368 e. The molecule has 1 saturated heterocycles. The Hall–Kier alpha value is -2.37. The van der Waals surface area contributed by atoms with E-state index in [9.17, 15) is 4.39 Å². The molecule has 1 fully saturated rings. The summed E-state index contributed by atoms with van der Waals surface area (Å²) in [6.45, 7) is 11.6. The van der Waals surface area contributed by atoms with Crippen molar-refractivity contribution in [1.29, 1.82) is 0 Å². The van der Waals surface area contributed by atoms with Gasteiger partial charge >= 0.3 is 0 Å². The maximum Gasteiger partial charge on any atom is 0.227 e. The smallest absolute Gasteiger partial charge is 0.227 e. The van der Waals surface area contributed by atoms with Crippen LogP contribution in [0, 0.1) is 12.7 Å². The molecule has 1 aliphatic heterocycles. The lowest BCUT2D eigenvalue weighted by Gasteiger charge is -2.36. The topological polar surface area (TPSA) is 35.5 Å². The van der Waals surface area contributed by atoms with Gasteiger partial charge in [-0.25, -0.2) is 9.37 Å². The molecule has 0 amide bonds. The Labute approximate surface area is 149 Å². The van der Waals surface area contributed by atoms with E-state index < -0.39 is 0 Å². The molecular formula is C19H26FN5. The van der Waals surface area contributed by atoms with Crippen LogP contribution in [0.25, 0.3) is 0 Å². The Morgan fingerprint density at radius 2 is 1.56 bits per heavy atom. The van der Waals surface area contributed by atoms with E-state index in [0.29, 0.717) is 0 Å². The number of piperazine rings is 1. The molecular weight excluding hydrogens is 317 g/mol. The molecule has 25 heavy (non-hydrogen) atoms. The van der Waals surface area contributed by atoms with Crippen LogP contribution >= 0.6 is 0 Å². The number of rotatable bonds is 5. The molecule has 0 radical (unpaired) electrons. The third kappa shape index (κ3) is 4.00. The predicted octanol–water partition coefficient (Wildman–Crippen LogP) is 3.10. The van der Waals surface area contributed by atoms with Gasteiger partial charge < -0.3 is 14.7 Å². The molecule has 0 unspecified atom stereocenters. The van der Waals surface area contributed by atoms with Gasteiger partial charge in [0.05, 0.1) is 0 Å². The van der Waals surface area contributed by atoms with Crippen LogP contribution in [0.5, 0.6) is 0 Å². The van der Waals surface area contributed by atoms with Gasteiger partial charge in [-0.3, -0.25) is 0 Å². The van der Waals surface area contributed by atoms with Crippen LogP contribution in [-0.2, 0) is 0 Å². The average Bonchev–Trinajstić information content (AvgIpc) is 2.63. The zero-order valence-electron chi connectivity index (χ0n) is 15.2. The second-order valence-corrected chi connectivity index (χ2v) is 6.29. The second kappa shape index (κ2) is 7.68. The quantitative estimate of drug-likeness (QED) is 0.834. The van der Waals surface area contributed by atoms with E-state index in [1.807, 2.05) is 25.1 Å². The summed E-state index contributed by atoms with van der Waals surface area (Å²) in [7, 11) is 0. The molecule has 1 aliphatic rings. The van der Waals surface area contributed by atoms with Crippen LogP contribution in [0.15, 0.2) is 30.3 Å². The van der Waals surface area contributed by atoms with Gasteiger partial charge in [-0.1, -0.05) is 0 Å². The van der Waals surface area contributed by atoms with Crippen molar-refractivity contribution in [3.63, 3.8) is 0 Å². The van der Waals surface area contributed by atoms with Crippen LogP contribution in [0.1, 0.15) is 19.5 Å². The highest BCUT2D eigenvalue weighted by Crippen LogP contribution is 2.21. The molecule has 6 heteroatoms. The first-order chi connectivity index (χ1) is 12.1. The molecule has 3 rings (SSSR count). The van der Waals surface area contributed by atoms with E-state index in [4.69, 9.17) is 4.98 Å². The summed E-state index contributed by atoms with van der Waals surface area (Å²) < 4.78 is 13.1. The Kier molecular flexibility index (Phi) is 5.36. The highest BCUT2D eigenvalue weighted by molar-refractivity contribution is 5.50. The SMILES string of the molecule is CCN(CC)c1cc(C)nc(N2CCN(c3ccc(F)cc3)CC2)n1. The van der Waals surface area contributed by atoms with Gasteiger partial charge in [0.15, 0.2) is 0 Å². The lowest BCUT2D eigenvalue weighted by atomic mass is 10.2.